The Morgan fingerprint density at radius 2 is 1.29 bits per heavy atom. The lowest BCUT2D eigenvalue weighted by molar-refractivity contribution is 0.273. The van der Waals surface area contributed by atoms with E-state index < -0.39 is 6.17 Å². The number of alkyl halides is 1. The van der Waals surface area contributed by atoms with E-state index in [1.807, 2.05) is 60.7 Å². The molecule has 31 heavy (non-hydrogen) atoms. The van der Waals surface area contributed by atoms with Crippen LogP contribution in [0.15, 0.2) is 91.0 Å². The molecule has 0 aliphatic heterocycles. The van der Waals surface area contributed by atoms with E-state index in [1.54, 1.807) is 12.1 Å². The highest BCUT2D eigenvalue weighted by molar-refractivity contribution is 5.83. The summed E-state index contributed by atoms with van der Waals surface area (Å²) >= 11 is 0. The zero-order valence-corrected chi connectivity index (χ0v) is 17.9. The maximum atomic E-state index is 15.9. The van der Waals surface area contributed by atoms with Crippen molar-refractivity contribution < 1.29 is 8.78 Å². The van der Waals surface area contributed by atoms with Crippen LogP contribution in [0.4, 0.5) is 8.78 Å². The van der Waals surface area contributed by atoms with Crippen molar-refractivity contribution >= 4 is 10.8 Å². The second-order valence-electron chi connectivity index (χ2n) is 8.24. The van der Waals surface area contributed by atoms with E-state index >= 15 is 4.39 Å². The summed E-state index contributed by atoms with van der Waals surface area (Å²) in [5.41, 5.74) is 3.73. The molecular formula is C29H28F2. The molecule has 0 saturated carbocycles. The molecule has 0 aromatic heterocycles. The highest BCUT2D eigenvalue weighted by atomic mass is 19.1. The highest BCUT2D eigenvalue weighted by Gasteiger charge is 2.24. The molecule has 4 rings (SSSR count). The molecule has 4 aromatic rings. The third-order valence-electron chi connectivity index (χ3n) is 6.08. The van der Waals surface area contributed by atoms with Crippen molar-refractivity contribution in [1.82, 2.24) is 0 Å². The van der Waals surface area contributed by atoms with Gasteiger partial charge in [-0.25, -0.2) is 8.78 Å². The SMILES string of the molecule is CCCCCC(c1ccc(-c2ccc(F)cc2)cc1)C(F)c1ccc2ccccc2c1. The van der Waals surface area contributed by atoms with Crippen molar-refractivity contribution in [2.45, 2.75) is 44.7 Å². The second-order valence-corrected chi connectivity index (χ2v) is 8.24. The number of benzene rings is 4. The molecule has 2 unspecified atom stereocenters. The van der Waals surface area contributed by atoms with E-state index in [4.69, 9.17) is 0 Å². The Morgan fingerprint density at radius 1 is 0.677 bits per heavy atom. The summed E-state index contributed by atoms with van der Waals surface area (Å²) in [7, 11) is 0. The fourth-order valence-electron chi connectivity index (χ4n) is 4.27. The largest absolute Gasteiger partial charge is 0.242 e. The second kappa shape index (κ2) is 9.87. The summed E-state index contributed by atoms with van der Waals surface area (Å²) in [6, 6.07) is 28.6. The smallest absolute Gasteiger partial charge is 0.132 e. The molecule has 0 bridgehead atoms. The van der Waals surface area contributed by atoms with Crippen molar-refractivity contribution in [3.05, 3.63) is 108 Å². The van der Waals surface area contributed by atoms with Gasteiger partial charge in [-0.05, 0) is 57.6 Å². The van der Waals surface area contributed by atoms with Crippen LogP contribution in [0.25, 0.3) is 21.9 Å². The van der Waals surface area contributed by atoms with Crippen molar-refractivity contribution in [1.29, 1.82) is 0 Å². The lowest BCUT2D eigenvalue weighted by atomic mass is 9.85. The third-order valence-corrected chi connectivity index (χ3v) is 6.08. The molecule has 0 aliphatic rings. The normalized spacial score (nSPS) is 13.3. The Hall–Kier alpha value is -3.00. The molecule has 0 fully saturated rings. The van der Waals surface area contributed by atoms with Crippen LogP contribution in [-0.2, 0) is 0 Å². The number of fused-ring (bicyclic) bond motifs is 1. The summed E-state index contributed by atoms with van der Waals surface area (Å²) in [5.74, 6) is -0.429. The quantitative estimate of drug-likeness (QED) is 0.252. The van der Waals surface area contributed by atoms with Gasteiger partial charge in [0.25, 0.3) is 0 Å². The topological polar surface area (TPSA) is 0 Å². The van der Waals surface area contributed by atoms with Crippen LogP contribution in [0.5, 0.6) is 0 Å². The average Bonchev–Trinajstić information content (AvgIpc) is 2.82. The molecule has 0 heterocycles. The summed E-state index contributed by atoms with van der Waals surface area (Å²) in [5, 5.41) is 2.20. The molecule has 158 valence electrons. The van der Waals surface area contributed by atoms with Crippen molar-refractivity contribution in [2.24, 2.45) is 0 Å². The van der Waals surface area contributed by atoms with E-state index in [1.165, 1.54) is 12.1 Å². The van der Waals surface area contributed by atoms with Crippen LogP contribution in [0.2, 0.25) is 0 Å². The summed E-state index contributed by atoms with van der Waals surface area (Å²) in [6.07, 6.45) is 2.99. The lowest BCUT2D eigenvalue weighted by Crippen LogP contribution is -2.08. The maximum absolute atomic E-state index is 15.9. The van der Waals surface area contributed by atoms with Crippen LogP contribution in [0.3, 0.4) is 0 Å². The first-order valence-corrected chi connectivity index (χ1v) is 11.1. The first kappa shape index (κ1) is 21.2. The standard InChI is InChI=1S/C29H28F2/c1-2-3-4-9-28(29(31)26-15-12-21-7-5-6-8-25(21)20-26)24-13-10-22(11-14-24)23-16-18-27(30)19-17-23/h5-8,10-20,28-29H,2-4,9H2,1H3. The minimum Gasteiger partial charge on any atom is -0.242 e. The van der Waals surface area contributed by atoms with Gasteiger partial charge in [-0.15, -0.1) is 0 Å². The van der Waals surface area contributed by atoms with E-state index in [0.717, 1.165) is 58.7 Å². The molecule has 0 nitrogen and oxygen atoms in total. The minimum absolute atomic E-state index is 0.185. The molecule has 0 spiro atoms. The number of unbranched alkanes of at least 4 members (excludes halogenated alkanes) is 2. The number of hydrogen-bond acceptors (Lipinski definition) is 0. The number of hydrogen-bond donors (Lipinski definition) is 0. The monoisotopic (exact) mass is 414 g/mol. The number of halogens is 2. The van der Waals surface area contributed by atoms with Crippen LogP contribution in [-0.4, -0.2) is 0 Å². The fraction of sp³-hybridized carbons (Fsp3) is 0.241. The Kier molecular flexibility index (Phi) is 6.76. The molecular weight excluding hydrogens is 386 g/mol. The van der Waals surface area contributed by atoms with Gasteiger partial charge >= 0.3 is 0 Å². The average molecular weight is 415 g/mol. The van der Waals surface area contributed by atoms with E-state index in [9.17, 15) is 4.39 Å². The zero-order chi connectivity index (χ0) is 21.6. The van der Waals surface area contributed by atoms with E-state index in [2.05, 4.69) is 13.0 Å². The summed E-state index contributed by atoms with van der Waals surface area (Å²) in [6.45, 7) is 2.17. The predicted molar refractivity (Wildman–Crippen MR) is 127 cm³/mol. The van der Waals surface area contributed by atoms with E-state index in [-0.39, 0.29) is 11.7 Å². The van der Waals surface area contributed by atoms with Crippen LogP contribution >= 0.6 is 0 Å². The van der Waals surface area contributed by atoms with Crippen LogP contribution in [0.1, 0.15) is 55.8 Å². The molecule has 2 heteroatoms. The Morgan fingerprint density at radius 3 is 1.97 bits per heavy atom. The first-order valence-electron chi connectivity index (χ1n) is 11.1. The van der Waals surface area contributed by atoms with Gasteiger partial charge in [0.05, 0.1) is 0 Å². The van der Waals surface area contributed by atoms with Crippen molar-refractivity contribution in [3.63, 3.8) is 0 Å². The first-order chi connectivity index (χ1) is 15.2. The predicted octanol–water partition coefficient (Wildman–Crippen LogP) is 9.02. The van der Waals surface area contributed by atoms with E-state index in [0.29, 0.717) is 0 Å². The van der Waals surface area contributed by atoms with Gasteiger partial charge in [-0.3, -0.25) is 0 Å². The number of rotatable bonds is 8. The lowest BCUT2D eigenvalue weighted by Gasteiger charge is -2.23. The highest BCUT2D eigenvalue weighted by Crippen LogP contribution is 2.39. The van der Waals surface area contributed by atoms with Gasteiger partial charge in [-0.1, -0.05) is 99.0 Å². The fourth-order valence-corrected chi connectivity index (χ4v) is 4.27. The summed E-state index contributed by atoms with van der Waals surface area (Å²) < 4.78 is 29.1. The Balaban J connectivity index is 1.62. The van der Waals surface area contributed by atoms with Crippen molar-refractivity contribution in [2.75, 3.05) is 0 Å². The van der Waals surface area contributed by atoms with Gasteiger partial charge < -0.3 is 0 Å². The molecule has 4 aromatic carbocycles. The van der Waals surface area contributed by atoms with Gasteiger partial charge in [0.2, 0.25) is 0 Å². The van der Waals surface area contributed by atoms with Crippen LogP contribution in [0, 0.1) is 5.82 Å². The molecule has 2 atom stereocenters. The molecule has 0 radical (unpaired) electrons. The maximum Gasteiger partial charge on any atom is 0.132 e. The van der Waals surface area contributed by atoms with Crippen molar-refractivity contribution in [3.8, 4) is 11.1 Å². The molecule has 0 saturated heterocycles. The minimum atomic E-state index is -1.06. The van der Waals surface area contributed by atoms with Gasteiger partial charge in [-0.2, -0.15) is 0 Å². The molecule has 0 aliphatic carbocycles. The van der Waals surface area contributed by atoms with Gasteiger partial charge in [0, 0.05) is 5.92 Å². The Labute approximate surface area is 183 Å². The Bertz CT molecular complexity index is 1110. The zero-order valence-electron chi connectivity index (χ0n) is 17.9. The third kappa shape index (κ3) is 5.02. The van der Waals surface area contributed by atoms with Gasteiger partial charge in [0.15, 0.2) is 0 Å². The van der Waals surface area contributed by atoms with Gasteiger partial charge in [0.1, 0.15) is 12.0 Å². The van der Waals surface area contributed by atoms with Crippen LogP contribution < -0.4 is 0 Å². The summed E-state index contributed by atoms with van der Waals surface area (Å²) in [4.78, 5) is 0. The molecule has 0 N–H and O–H groups in total. The molecule has 0 amide bonds.